The molecular formula is C36H50N2O12. The second-order valence-electron chi connectivity index (χ2n) is 12.5. The first-order valence-corrected chi connectivity index (χ1v) is 17.1. The van der Waals surface area contributed by atoms with Gasteiger partial charge in [0.25, 0.3) is 0 Å². The molecule has 0 bridgehead atoms. The zero-order valence-electron chi connectivity index (χ0n) is 29.5. The quantitative estimate of drug-likeness (QED) is 0.0877. The fourth-order valence-electron chi connectivity index (χ4n) is 5.48. The predicted octanol–water partition coefficient (Wildman–Crippen LogP) is 3.82. The van der Waals surface area contributed by atoms with Crippen molar-refractivity contribution < 1.29 is 57.2 Å². The van der Waals surface area contributed by atoms with Gasteiger partial charge in [-0.05, 0) is 45.6 Å². The summed E-state index contributed by atoms with van der Waals surface area (Å²) in [7, 11) is 1.27. The van der Waals surface area contributed by atoms with Gasteiger partial charge < -0.3 is 33.7 Å². The zero-order chi connectivity index (χ0) is 36.7. The molecule has 2 fully saturated rings. The number of methoxy groups -OCH3 is 1. The Bertz CT molecular complexity index is 1350. The lowest BCUT2D eigenvalue weighted by Crippen LogP contribution is -2.53. The van der Waals surface area contributed by atoms with Gasteiger partial charge in [0.05, 0.1) is 12.7 Å². The van der Waals surface area contributed by atoms with Crippen molar-refractivity contribution in [2.45, 2.75) is 128 Å². The van der Waals surface area contributed by atoms with Gasteiger partial charge >= 0.3 is 18.0 Å². The van der Waals surface area contributed by atoms with Gasteiger partial charge in [-0.25, -0.2) is 9.59 Å². The molecule has 14 heteroatoms. The molecule has 0 aliphatic carbocycles. The van der Waals surface area contributed by atoms with Crippen molar-refractivity contribution in [2.24, 2.45) is 0 Å². The van der Waals surface area contributed by atoms with E-state index < -0.39 is 72.0 Å². The van der Waals surface area contributed by atoms with E-state index in [0.29, 0.717) is 31.3 Å². The largest absolute Gasteiger partial charge is 0.465 e. The van der Waals surface area contributed by atoms with Crippen molar-refractivity contribution in [1.29, 1.82) is 0 Å². The summed E-state index contributed by atoms with van der Waals surface area (Å²) in [5.74, 6) is -2.77. The van der Waals surface area contributed by atoms with Gasteiger partial charge in [-0.1, -0.05) is 62.5 Å². The molecule has 2 saturated heterocycles. The monoisotopic (exact) mass is 702 g/mol. The van der Waals surface area contributed by atoms with Crippen LogP contribution in [0.3, 0.4) is 0 Å². The fourth-order valence-corrected chi connectivity index (χ4v) is 5.48. The lowest BCUT2D eigenvalue weighted by Gasteiger charge is -2.27. The Balaban J connectivity index is 1.76. The highest BCUT2D eigenvalue weighted by Gasteiger charge is 2.58. The summed E-state index contributed by atoms with van der Waals surface area (Å²) in [6.07, 6.45) is 11.0. The number of hydrogen-bond donors (Lipinski definition) is 2. The molecule has 50 heavy (non-hydrogen) atoms. The molecule has 3 amide bonds. The number of fused-ring (bicyclic) bond motifs is 1. The van der Waals surface area contributed by atoms with Gasteiger partial charge in [0.15, 0.2) is 18.0 Å². The highest BCUT2D eigenvalue weighted by Crippen LogP contribution is 2.39. The Morgan fingerprint density at radius 2 is 1.80 bits per heavy atom. The van der Waals surface area contributed by atoms with E-state index >= 15 is 0 Å². The average Bonchev–Trinajstić information content (AvgIpc) is 3.98. The second-order valence-corrected chi connectivity index (χ2v) is 12.5. The first-order chi connectivity index (χ1) is 23.9. The van der Waals surface area contributed by atoms with Gasteiger partial charge in [0.2, 0.25) is 17.5 Å². The van der Waals surface area contributed by atoms with Crippen molar-refractivity contribution in [3.05, 3.63) is 48.1 Å². The van der Waals surface area contributed by atoms with Crippen LogP contribution in [0.1, 0.15) is 85.5 Å². The summed E-state index contributed by atoms with van der Waals surface area (Å²) in [6, 6.07) is 0. The SMILES string of the molecule is CCCCCCCC(=O)OCC/C=C/[C@@H]1O[C@@H]1[C@@H]1OC(=O)/C=C\C=C\C(OC)(C(C)=O)NC(=O)/C=C(/C)CC[C@@H]2O[C@H]2[C@H]1OC(=O)NC(C)=O. The molecule has 3 aliphatic heterocycles. The number of ether oxygens (including phenoxy) is 6. The minimum atomic E-state index is -1.78. The van der Waals surface area contributed by atoms with Crippen LogP contribution in [-0.2, 0) is 52.4 Å². The van der Waals surface area contributed by atoms with Gasteiger partial charge in [-0.2, -0.15) is 0 Å². The number of hydrogen-bond acceptors (Lipinski definition) is 12. The van der Waals surface area contributed by atoms with E-state index in [-0.39, 0.29) is 12.6 Å². The van der Waals surface area contributed by atoms with Gasteiger partial charge in [0, 0.05) is 32.6 Å². The van der Waals surface area contributed by atoms with Gasteiger partial charge in [-0.3, -0.25) is 24.5 Å². The first-order valence-electron chi connectivity index (χ1n) is 17.1. The number of esters is 2. The summed E-state index contributed by atoms with van der Waals surface area (Å²) in [5.41, 5.74) is -1.10. The molecule has 2 N–H and O–H groups in total. The number of Topliss-reactive ketones (excluding diaryl/α,β-unsaturated/α-hetero) is 1. The van der Waals surface area contributed by atoms with E-state index in [4.69, 9.17) is 28.4 Å². The lowest BCUT2D eigenvalue weighted by atomic mass is 10.00. The van der Waals surface area contributed by atoms with E-state index in [1.165, 1.54) is 38.3 Å². The Hall–Kier alpha value is -4.14. The van der Waals surface area contributed by atoms with Crippen LogP contribution in [0.15, 0.2) is 48.1 Å². The maximum Gasteiger partial charge on any atom is 0.414 e. The summed E-state index contributed by atoms with van der Waals surface area (Å²) < 4.78 is 33.8. The predicted molar refractivity (Wildman–Crippen MR) is 179 cm³/mol. The minimum absolute atomic E-state index is 0.204. The highest BCUT2D eigenvalue weighted by atomic mass is 16.7. The van der Waals surface area contributed by atoms with E-state index in [1.807, 2.05) is 0 Å². The second kappa shape index (κ2) is 19.9. The van der Waals surface area contributed by atoms with E-state index in [9.17, 15) is 28.8 Å². The smallest absolute Gasteiger partial charge is 0.414 e. The van der Waals surface area contributed by atoms with E-state index in [0.717, 1.165) is 45.1 Å². The maximum absolute atomic E-state index is 13.1. The lowest BCUT2D eigenvalue weighted by molar-refractivity contribution is -0.151. The molecule has 0 saturated carbocycles. The molecule has 7 atom stereocenters. The number of amides is 3. The topological polar surface area (TPSA) is 188 Å². The molecule has 0 aromatic carbocycles. The number of nitrogens with one attached hydrogen (secondary N) is 2. The van der Waals surface area contributed by atoms with Crippen molar-refractivity contribution >= 4 is 35.6 Å². The van der Waals surface area contributed by atoms with Crippen molar-refractivity contribution in [3.8, 4) is 0 Å². The number of alkyl carbamates (subject to hydrolysis) is 1. The fraction of sp³-hybridized carbons (Fsp3) is 0.611. The molecule has 276 valence electrons. The minimum Gasteiger partial charge on any atom is -0.465 e. The maximum atomic E-state index is 13.1. The van der Waals surface area contributed by atoms with Crippen LogP contribution < -0.4 is 10.6 Å². The number of rotatable bonds is 14. The molecule has 3 aliphatic rings. The molecule has 0 aromatic heterocycles. The van der Waals surface area contributed by atoms with Crippen molar-refractivity contribution in [2.75, 3.05) is 13.7 Å². The Morgan fingerprint density at radius 1 is 1.04 bits per heavy atom. The molecule has 3 heterocycles. The molecule has 0 spiro atoms. The van der Waals surface area contributed by atoms with Gasteiger partial charge in [-0.15, -0.1) is 0 Å². The molecule has 0 aromatic rings. The van der Waals surface area contributed by atoms with Crippen LogP contribution in [0.2, 0.25) is 0 Å². The molecular weight excluding hydrogens is 652 g/mol. The third-order valence-electron chi connectivity index (χ3n) is 8.31. The number of cyclic esters (lactones) is 1. The molecule has 1 unspecified atom stereocenters. The number of allylic oxidation sites excluding steroid dienone is 3. The summed E-state index contributed by atoms with van der Waals surface area (Å²) >= 11 is 0. The number of epoxide rings is 2. The number of imide groups is 1. The van der Waals surface area contributed by atoms with Crippen LogP contribution in [0, 0.1) is 0 Å². The van der Waals surface area contributed by atoms with Crippen LogP contribution in [-0.4, -0.2) is 91.7 Å². The average molecular weight is 703 g/mol. The van der Waals surface area contributed by atoms with Crippen molar-refractivity contribution in [3.63, 3.8) is 0 Å². The van der Waals surface area contributed by atoms with Gasteiger partial charge in [0.1, 0.15) is 18.3 Å². The normalized spacial score (nSPS) is 30.7. The Morgan fingerprint density at radius 3 is 2.50 bits per heavy atom. The zero-order valence-corrected chi connectivity index (χ0v) is 29.5. The number of unbranched alkanes of at least 4 members (excludes halogenated alkanes) is 4. The summed E-state index contributed by atoms with van der Waals surface area (Å²) in [6.45, 7) is 6.49. The highest BCUT2D eigenvalue weighted by molar-refractivity contribution is 5.96. The van der Waals surface area contributed by atoms with Crippen LogP contribution in [0.25, 0.3) is 0 Å². The summed E-state index contributed by atoms with van der Waals surface area (Å²) in [5, 5.41) is 4.63. The Labute approximate surface area is 292 Å². The van der Waals surface area contributed by atoms with Crippen LogP contribution >= 0.6 is 0 Å². The molecule has 0 radical (unpaired) electrons. The Kier molecular flexibility index (Phi) is 16.0. The van der Waals surface area contributed by atoms with E-state index in [2.05, 4.69) is 17.6 Å². The van der Waals surface area contributed by atoms with E-state index in [1.54, 1.807) is 19.1 Å². The first kappa shape index (κ1) is 40.3. The standard InChI is InChI=1S/C36H50N2O12/c1-6-7-8-9-10-16-29(42)46-21-14-12-15-26-31(47-26)33-34(50-35(44)37-25(4)40)32-27(48-32)19-18-23(2)22-28(41)38-36(45-5,24(3)39)20-13-11-17-30(43)49-33/h11-13,15,17,20,22,26-27,31-34H,6-10,14,16,18-19,21H2,1-5H3,(H,38,41)(H,37,40,44)/b15-12+,17-11-,20-13+,23-22-/t26-,27-,31-,32+,33-,34+,36?/m0/s1. The molecule has 14 nitrogen and oxygen atoms in total. The van der Waals surface area contributed by atoms with Crippen molar-refractivity contribution in [1.82, 2.24) is 10.6 Å². The number of carbonyl (C=O) groups is 6. The number of carbonyl (C=O) groups excluding carboxylic acids is 6. The third kappa shape index (κ3) is 13.3. The number of ketones is 1. The van der Waals surface area contributed by atoms with Crippen LogP contribution in [0.4, 0.5) is 4.79 Å². The third-order valence-corrected chi connectivity index (χ3v) is 8.31. The summed E-state index contributed by atoms with van der Waals surface area (Å²) in [4.78, 5) is 74.5. The van der Waals surface area contributed by atoms with Crippen LogP contribution in [0.5, 0.6) is 0 Å². The molecule has 3 rings (SSSR count).